The van der Waals surface area contributed by atoms with Crippen LogP contribution in [0.2, 0.25) is 0 Å². The lowest BCUT2D eigenvalue weighted by atomic mass is 10.1. The number of aromatic nitrogens is 5. The van der Waals surface area contributed by atoms with E-state index in [1.54, 1.807) is 18.2 Å². The van der Waals surface area contributed by atoms with Crippen molar-refractivity contribution in [1.82, 2.24) is 24.5 Å². The molecule has 0 N–H and O–H groups in total. The van der Waals surface area contributed by atoms with Gasteiger partial charge >= 0.3 is 0 Å². The lowest BCUT2D eigenvalue weighted by Crippen LogP contribution is -2.17. The van der Waals surface area contributed by atoms with Crippen molar-refractivity contribution in [2.24, 2.45) is 0 Å². The van der Waals surface area contributed by atoms with Crippen LogP contribution in [0.15, 0.2) is 107 Å². The van der Waals surface area contributed by atoms with Gasteiger partial charge in [-0.2, -0.15) is 0 Å². The third-order valence-electron chi connectivity index (χ3n) is 6.76. The Balaban J connectivity index is 1.58. The Hall–Kier alpha value is -4.69. The Bertz CT molecular complexity index is 1910. The zero-order chi connectivity index (χ0) is 25.9. The Morgan fingerprint density at radius 2 is 1.24 bits per heavy atom. The molecular formula is C30H21N5O2S. The first-order valence-corrected chi connectivity index (χ1v) is 13.8. The summed E-state index contributed by atoms with van der Waals surface area (Å²) in [6.45, 7) is 2.02. The second-order valence-electron chi connectivity index (χ2n) is 9.04. The molecule has 0 fully saturated rings. The van der Waals surface area contributed by atoms with Gasteiger partial charge in [-0.1, -0.05) is 79.7 Å². The molecule has 7 rings (SSSR count). The van der Waals surface area contributed by atoms with Gasteiger partial charge in [-0.25, -0.2) is 28.4 Å². The van der Waals surface area contributed by atoms with Gasteiger partial charge in [0.25, 0.3) is 0 Å². The third kappa shape index (κ3) is 3.30. The van der Waals surface area contributed by atoms with E-state index in [4.69, 9.17) is 19.9 Å². The molecule has 0 radical (unpaired) electrons. The lowest BCUT2D eigenvalue weighted by molar-refractivity contribution is 0.594. The highest BCUT2D eigenvalue weighted by atomic mass is 32.2. The fraction of sp³-hybridized carbons (Fsp3) is 0.0667. The summed E-state index contributed by atoms with van der Waals surface area (Å²) in [5.41, 5.74) is 3.85. The number of rotatable bonds is 4. The van der Waals surface area contributed by atoms with Crippen molar-refractivity contribution in [1.29, 1.82) is 0 Å². The van der Waals surface area contributed by atoms with E-state index >= 15 is 0 Å². The van der Waals surface area contributed by atoms with E-state index in [1.165, 1.54) is 0 Å². The van der Waals surface area contributed by atoms with Gasteiger partial charge in [0.15, 0.2) is 17.5 Å². The predicted molar refractivity (Wildman–Crippen MR) is 146 cm³/mol. The number of imidazole rings is 1. The molecule has 1 aliphatic heterocycles. The molecule has 0 spiro atoms. The van der Waals surface area contributed by atoms with E-state index in [2.05, 4.69) is 0 Å². The minimum atomic E-state index is -3.90. The number of benzene rings is 4. The van der Waals surface area contributed by atoms with E-state index in [0.717, 1.165) is 17.0 Å². The van der Waals surface area contributed by atoms with E-state index < -0.39 is 9.84 Å². The first-order chi connectivity index (χ1) is 18.6. The van der Waals surface area contributed by atoms with Crippen LogP contribution in [0.4, 0.5) is 0 Å². The zero-order valence-corrected chi connectivity index (χ0v) is 21.2. The fourth-order valence-electron chi connectivity index (χ4n) is 5.04. The largest absolute Gasteiger partial charge is 0.294 e. The van der Waals surface area contributed by atoms with E-state index in [1.807, 2.05) is 90.4 Å². The molecular weight excluding hydrogens is 494 g/mol. The van der Waals surface area contributed by atoms with E-state index in [0.29, 0.717) is 46.2 Å². The summed E-state index contributed by atoms with van der Waals surface area (Å²) < 4.78 is 30.3. The minimum absolute atomic E-state index is 0.171. The highest BCUT2D eigenvalue weighted by Crippen LogP contribution is 2.43. The van der Waals surface area contributed by atoms with Crippen molar-refractivity contribution in [2.75, 3.05) is 0 Å². The monoisotopic (exact) mass is 515 g/mol. The molecule has 4 aromatic carbocycles. The number of fused-ring (bicyclic) bond motifs is 2. The van der Waals surface area contributed by atoms with Gasteiger partial charge in [0.1, 0.15) is 10.7 Å². The summed E-state index contributed by atoms with van der Waals surface area (Å²) in [4.78, 5) is 19.5. The highest BCUT2D eigenvalue weighted by molar-refractivity contribution is 7.92. The second kappa shape index (κ2) is 8.43. The minimum Gasteiger partial charge on any atom is -0.294 e. The van der Waals surface area contributed by atoms with Crippen LogP contribution in [0.3, 0.4) is 0 Å². The molecule has 184 valence electrons. The summed E-state index contributed by atoms with van der Waals surface area (Å²) in [6.07, 6.45) is 0.653. The third-order valence-corrected chi connectivity index (χ3v) is 8.64. The fourth-order valence-corrected chi connectivity index (χ4v) is 6.85. The summed E-state index contributed by atoms with van der Waals surface area (Å²) >= 11 is 0. The van der Waals surface area contributed by atoms with Crippen LogP contribution in [-0.2, 0) is 16.3 Å². The van der Waals surface area contributed by atoms with Crippen molar-refractivity contribution < 1.29 is 8.42 Å². The Morgan fingerprint density at radius 1 is 0.658 bits per heavy atom. The quantitative estimate of drug-likeness (QED) is 0.289. The zero-order valence-electron chi connectivity index (χ0n) is 20.4. The summed E-state index contributed by atoms with van der Waals surface area (Å²) in [5.74, 6) is 2.03. The summed E-state index contributed by atoms with van der Waals surface area (Å²) in [6, 6.07) is 29.9. The normalized spacial score (nSPS) is 13.4. The molecule has 1 aliphatic rings. The Morgan fingerprint density at radius 3 is 1.87 bits per heavy atom. The number of para-hydroxylation sites is 1. The number of hydrogen-bond donors (Lipinski definition) is 0. The maximum Gasteiger partial charge on any atom is 0.211 e. The standard InChI is InChI=1S/C30H21N5O2S/c1-2-25-31-22-18-17-21(27-26(22)35(25)23-15-9-10-16-24(23)38(27,36)37)30-33-28(19-11-5-3-6-12-19)32-29(34-30)20-13-7-4-8-14-20/h3-18H,2H2,1H3. The molecule has 3 heterocycles. The molecule has 0 saturated heterocycles. The predicted octanol–water partition coefficient (Wildman–Crippen LogP) is 5.92. The second-order valence-corrected chi connectivity index (χ2v) is 10.9. The van der Waals surface area contributed by atoms with Crippen LogP contribution >= 0.6 is 0 Å². The van der Waals surface area contributed by atoms with Crippen LogP contribution in [-0.4, -0.2) is 32.9 Å². The van der Waals surface area contributed by atoms with Crippen molar-refractivity contribution >= 4 is 20.9 Å². The average molecular weight is 516 g/mol. The van der Waals surface area contributed by atoms with Crippen LogP contribution in [0.25, 0.3) is 50.9 Å². The van der Waals surface area contributed by atoms with E-state index in [9.17, 15) is 8.42 Å². The topological polar surface area (TPSA) is 90.6 Å². The van der Waals surface area contributed by atoms with Gasteiger partial charge in [-0.3, -0.25) is 4.57 Å². The maximum atomic E-state index is 14.2. The molecule has 0 aliphatic carbocycles. The first kappa shape index (κ1) is 22.5. The molecule has 0 saturated carbocycles. The molecule has 6 aromatic rings. The van der Waals surface area contributed by atoms with Gasteiger partial charge in [0.05, 0.1) is 21.6 Å². The lowest BCUT2D eigenvalue weighted by Gasteiger charge is -2.22. The Kier molecular flexibility index (Phi) is 4.99. The first-order valence-electron chi connectivity index (χ1n) is 12.3. The molecule has 2 aromatic heterocycles. The van der Waals surface area contributed by atoms with Gasteiger partial charge in [0.2, 0.25) is 9.84 Å². The molecule has 8 heteroatoms. The summed E-state index contributed by atoms with van der Waals surface area (Å²) in [7, 11) is -3.90. The number of hydrogen-bond acceptors (Lipinski definition) is 6. The van der Waals surface area contributed by atoms with Crippen LogP contribution < -0.4 is 0 Å². The average Bonchev–Trinajstić information content (AvgIpc) is 3.35. The van der Waals surface area contributed by atoms with E-state index in [-0.39, 0.29) is 9.79 Å². The van der Waals surface area contributed by atoms with Crippen molar-refractivity contribution in [3.05, 3.63) is 103 Å². The maximum absolute atomic E-state index is 14.2. The molecule has 7 nitrogen and oxygen atoms in total. The molecule has 0 bridgehead atoms. The molecule has 0 amide bonds. The van der Waals surface area contributed by atoms with Gasteiger partial charge in [0, 0.05) is 23.1 Å². The number of aryl methyl sites for hydroxylation is 1. The number of nitrogens with zero attached hydrogens (tertiary/aromatic N) is 5. The van der Waals surface area contributed by atoms with Crippen molar-refractivity contribution in [2.45, 2.75) is 23.1 Å². The highest BCUT2D eigenvalue weighted by Gasteiger charge is 2.36. The van der Waals surface area contributed by atoms with Crippen LogP contribution in [0, 0.1) is 0 Å². The van der Waals surface area contributed by atoms with Crippen LogP contribution in [0.5, 0.6) is 0 Å². The summed E-state index contributed by atoms with van der Waals surface area (Å²) in [5, 5.41) is 0. The van der Waals surface area contributed by atoms with Gasteiger partial charge < -0.3 is 0 Å². The molecule has 38 heavy (non-hydrogen) atoms. The molecule has 0 atom stereocenters. The SMILES string of the molecule is CCc1nc2ccc(-c3nc(-c4ccccc4)nc(-c4ccccc4)n3)c3c2n1-c1ccccc1S3(=O)=O. The van der Waals surface area contributed by atoms with Gasteiger partial charge in [-0.05, 0) is 24.3 Å². The van der Waals surface area contributed by atoms with Crippen LogP contribution in [0.1, 0.15) is 12.7 Å². The molecule has 0 unspecified atom stereocenters. The van der Waals surface area contributed by atoms with Gasteiger partial charge in [-0.15, -0.1) is 0 Å². The smallest absolute Gasteiger partial charge is 0.211 e. The number of sulfone groups is 1. The van der Waals surface area contributed by atoms with Crippen molar-refractivity contribution in [3.8, 4) is 39.9 Å². The Labute approximate surface area is 219 Å². The van der Waals surface area contributed by atoms with Crippen molar-refractivity contribution in [3.63, 3.8) is 0 Å².